The van der Waals surface area contributed by atoms with Crippen LogP contribution < -0.4 is 19.1 Å². The van der Waals surface area contributed by atoms with Gasteiger partial charge in [-0.25, -0.2) is 8.42 Å². The Bertz CT molecular complexity index is 1170. The summed E-state index contributed by atoms with van der Waals surface area (Å²) in [6.07, 6.45) is 1.03. The van der Waals surface area contributed by atoms with E-state index in [9.17, 15) is 18.0 Å². The van der Waals surface area contributed by atoms with Crippen LogP contribution in [0, 0.1) is 12.8 Å². The Labute approximate surface area is 214 Å². The molecule has 0 aliphatic carbocycles. The summed E-state index contributed by atoms with van der Waals surface area (Å²) < 4.78 is 37.3. The van der Waals surface area contributed by atoms with Gasteiger partial charge in [0, 0.05) is 13.1 Å². The van der Waals surface area contributed by atoms with Gasteiger partial charge in [0.2, 0.25) is 21.8 Å². The van der Waals surface area contributed by atoms with Crippen molar-refractivity contribution >= 4 is 27.5 Å². The molecule has 0 heterocycles. The van der Waals surface area contributed by atoms with Crippen LogP contribution in [0.5, 0.6) is 11.5 Å². The Balaban J connectivity index is 2.45. The molecule has 1 atom stereocenters. The molecular weight excluding hydrogens is 482 g/mol. The lowest BCUT2D eigenvalue weighted by Gasteiger charge is -2.32. The summed E-state index contributed by atoms with van der Waals surface area (Å²) in [6.45, 7) is 7.46. The summed E-state index contributed by atoms with van der Waals surface area (Å²) in [5.74, 6) is 0.316. The average molecular weight is 520 g/mol. The second-order valence-corrected chi connectivity index (χ2v) is 11.0. The topological polar surface area (TPSA) is 105 Å². The van der Waals surface area contributed by atoms with Gasteiger partial charge in [0.25, 0.3) is 0 Å². The number of carbonyl (C=O) groups is 2. The lowest BCUT2D eigenvalue weighted by molar-refractivity contribution is -0.139. The van der Waals surface area contributed by atoms with Crippen molar-refractivity contribution in [2.75, 3.05) is 37.9 Å². The molecule has 198 valence electrons. The highest BCUT2D eigenvalue weighted by Gasteiger charge is 2.31. The zero-order valence-electron chi connectivity index (χ0n) is 22.1. The molecule has 1 unspecified atom stereocenters. The van der Waals surface area contributed by atoms with Crippen LogP contribution in [0.1, 0.15) is 31.9 Å². The van der Waals surface area contributed by atoms with E-state index in [4.69, 9.17) is 9.47 Å². The number of carbonyl (C=O) groups excluding carboxylic acids is 2. The zero-order valence-corrected chi connectivity index (χ0v) is 22.9. The number of nitrogens with zero attached hydrogens (tertiary/aromatic N) is 2. The molecule has 0 fully saturated rings. The van der Waals surface area contributed by atoms with Crippen molar-refractivity contribution in [2.24, 2.45) is 5.92 Å². The van der Waals surface area contributed by atoms with E-state index in [1.807, 2.05) is 26.8 Å². The molecule has 2 aromatic rings. The van der Waals surface area contributed by atoms with Crippen molar-refractivity contribution in [3.8, 4) is 11.5 Å². The number of ether oxygens (including phenoxy) is 2. The number of methoxy groups -OCH3 is 2. The van der Waals surface area contributed by atoms with Crippen molar-refractivity contribution in [1.82, 2.24) is 10.2 Å². The van der Waals surface area contributed by atoms with E-state index in [0.29, 0.717) is 18.0 Å². The molecule has 2 rings (SSSR count). The van der Waals surface area contributed by atoms with Gasteiger partial charge in [0.1, 0.15) is 24.1 Å². The van der Waals surface area contributed by atoms with E-state index in [-0.39, 0.29) is 24.1 Å². The summed E-state index contributed by atoms with van der Waals surface area (Å²) in [7, 11) is -0.879. The number of anilines is 1. The number of rotatable bonds is 12. The van der Waals surface area contributed by atoms with Crippen LogP contribution in [0.3, 0.4) is 0 Å². The van der Waals surface area contributed by atoms with E-state index >= 15 is 0 Å². The SMILES string of the molecule is COc1cccc(CN(C(=O)CN(c2cc(C)ccc2OC)S(C)(=O)=O)C(C)C(=O)NCC(C)C)c1. The van der Waals surface area contributed by atoms with Crippen molar-refractivity contribution in [3.05, 3.63) is 53.6 Å². The zero-order chi connectivity index (χ0) is 27.0. The molecule has 2 aromatic carbocycles. The maximum atomic E-state index is 13.7. The fraction of sp³-hybridized carbons (Fsp3) is 0.462. The van der Waals surface area contributed by atoms with Gasteiger partial charge >= 0.3 is 0 Å². The number of aryl methyl sites for hydroxylation is 1. The Kier molecular flexibility index (Phi) is 10.2. The summed E-state index contributed by atoms with van der Waals surface area (Å²) in [5, 5.41) is 2.86. The third kappa shape index (κ3) is 7.87. The molecule has 10 heteroatoms. The summed E-state index contributed by atoms with van der Waals surface area (Å²) in [4.78, 5) is 28.0. The molecule has 0 radical (unpaired) electrons. The summed E-state index contributed by atoms with van der Waals surface area (Å²) in [5.41, 5.74) is 1.80. The second kappa shape index (κ2) is 12.6. The number of nitrogens with one attached hydrogen (secondary N) is 1. The third-order valence-electron chi connectivity index (χ3n) is 5.62. The number of benzene rings is 2. The highest BCUT2D eigenvalue weighted by atomic mass is 32.2. The minimum absolute atomic E-state index is 0.0921. The third-order valence-corrected chi connectivity index (χ3v) is 6.75. The van der Waals surface area contributed by atoms with Gasteiger partial charge in [-0.1, -0.05) is 32.0 Å². The standard InChI is InChI=1S/C26H37N3O6S/c1-18(2)15-27-26(31)20(4)28(16-21-9-8-10-22(14-21)34-5)25(30)17-29(36(7,32)33)23-13-19(3)11-12-24(23)35-6/h8-14,18,20H,15-17H2,1-7H3,(H,27,31). The Morgan fingerprint density at radius 2 is 1.72 bits per heavy atom. The number of sulfonamides is 1. The molecule has 0 aliphatic rings. The van der Waals surface area contributed by atoms with E-state index in [2.05, 4.69) is 5.32 Å². The fourth-order valence-electron chi connectivity index (χ4n) is 3.59. The lowest BCUT2D eigenvalue weighted by atomic mass is 10.1. The minimum Gasteiger partial charge on any atom is -0.497 e. The van der Waals surface area contributed by atoms with Gasteiger partial charge in [-0.05, 0) is 55.2 Å². The Hall–Kier alpha value is -3.27. The first kappa shape index (κ1) is 29.0. The molecule has 2 amide bonds. The van der Waals surface area contributed by atoms with E-state index in [1.54, 1.807) is 50.4 Å². The molecule has 0 aliphatic heterocycles. The highest BCUT2D eigenvalue weighted by molar-refractivity contribution is 7.92. The molecule has 9 nitrogen and oxygen atoms in total. The second-order valence-electron chi connectivity index (χ2n) is 9.13. The Morgan fingerprint density at radius 3 is 2.31 bits per heavy atom. The maximum Gasteiger partial charge on any atom is 0.244 e. The van der Waals surface area contributed by atoms with Crippen LogP contribution in [0.4, 0.5) is 5.69 Å². The van der Waals surface area contributed by atoms with Crippen molar-refractivity contribution in [3.63, 3.8) is 0 Å². The minimum atomic E-state index is -3.86. The van der Waals surface area contributed by atoms with E-state index in [0.717, 1.165) is 21.7 Å². The summed E-state index contributed by atoms with van der Waals surface area (Å²) >= 11 is 0. The monoisotopic (exact) mass is 519 g/mol. The highest BCUT2D eigenvalue weighted by Crippen LogP contribution is 2.31. The molecule has 0 saturated carbocycles. The quantitative estimate of drug-likeness (QED) is 0.462. The van der Waals surface area contributed by atoms with Gasteiger partial charge in [0.15, 0.2) is 0 Å². The van der Waals surface area contributed by atoms with Crippen molar-refractivity contribution in [2.45, 2.75) is 40.3 Å². The van der Waals surface area contributed by atoms with Gasteiger partial charge in [-0.2, -0.15) is 0 Å². The molecule has 0 aromatic heterocycles. The maximum absolute atomic E-state index is 13.7. The van der Waals surface area contributed by atoms with Gasteiger partial charge in [-0.15, -0.1) is 0 Å². The van der Waals surface area contributed by atoms with Gasteiger partial charge < -0.3 is 19.7 Å². The molecular formula is C26H37N3O6S. The predicted octanol–water partition coefficient (Wildman–Crippen LogP) is 2.97. The molecule has 0 bridgehead atoms. The van der Waals surface area contributed by atoms with Gasteiger partial charge in [0.05, 0.1) is 26.2 Å². The lowest BCUT2D eigenvalue weighted by Crippen LogP contribution is -2.51. The largest absolute Gasteiger partial charge is 0.497 e. The first-order valence-corrected chi connectivity index (χ1v) is 13.5. The van der Waals surface area contributed by atoms with Crippen LogP contribution in [-0.4, -0.2) is 64.7 Å². The van der Waals surface area contributed by atoms with Crippen LogP contribution in [-0.2, 0) is 26.2 Å². The molecule has 0 saturated heterocycles. The normalized spacial score (nSPS) is 12.1. The van der Waals surface area contributed by atoms with E-state index < -0.39 is 28.5 Å². The van der Waals surface area contributed by atoms with Crippen molar-refractivity contribution < 1.29 is 27.5 Å². The number of hydrogen-bond acceptors (Lipinski definition) is 6. The van der Waals surface area contributed by atoms with E-state index in [1.165, 1.54) is 12.0 Å². The Morgan fingerprint density at radius 1 is 1.03 bits per heavy atom. The molecule has 1 N–H and O–H groups in total. The predicted molar refractivity (Wildman–Crippen MR) is 141 cm³/mol. The first-order valence-electron chi connectivity index (χ1n) is 11.7. The summed E-state index contributed by atoms with van der Waals surface area (Å²) in [6, 6.07) is 11.4. The molecule has 36 heavy (non-hydrogen) atoms. The van der Waals surface area contributed by atoms with Crippen LogP contribution >= 0.6 is 0 Å². The number of amides is 2. The van der Waals surface area contributed by atoms with Crippen molar-refractivity contribution in [1.29, 1.82) is 0 Å². The average Bonchev–Trinajstić information content (AvgIpc) is 2.83. The fourth-order valence-corrected chi connectivity index (χ4v) is 4.44. The van der Waals surface area contributed by atoms with Crippen LogP contribution in [0.25, 0.3) is 0 Å². The van der Waals surface area contributed by atoms with Crippen LogP contribution in [0.15, 0.2) is 42.5 Å². The molecule has 0 spiro atoms. The number of hydrogen-bond donors (Lipinski definition) is 1. The smallest absolute Gasteiger partial charge is 0.244 e. The van der Waals surface area contributed by atoms with Gasteiger partial charge in [-0.3, -0.25) is 13.9 Å². The van der Waals surface area contributed by atoms with Crippen LogP contribution in [0.2, 0.25) is 0 Å². The first-order chi connectivity index (χ1) is 16.9.